The van der Waals surface area contributed by atoms with Crippen LogP contribution in [0.3, 0.4) is 0 Å². The summed E-state index contributed by atoms with van der Waals surface area (Å²) in [4.78, 5) is 9.09. The second-order valence-electron chi connectivity index (χ2n) is 8.65. The number of nitrogens with zero attached hydrogens (tertiary/aromatic N) is 2. The lowest BCUT2D eigenvalue weighted by Crippen LogP contribution is -2.52. The fraction of sp³-hybridized carbons (Fsp3) is 0.478. The van der Waals surface area contributed by atoms with Gasteiger partial charge in [-0.05, 0) is 56.9 Å². The van der Waals surface area contributed by atoms with E-state index in [1.807, 2.05) is 24.4 Å². The highest BCUT2D eigenvalue weighted by Crippen LogP contribution is 2.53. The van der Waals surface area contributed by atoms with Gasteiger partial charge in [-0.2, -0.15) is 0 Å². The molecular weight excluding hydrogens is 402 g/mol. The molecule has 3 aliphatic rings. The van der Waals surface area contributed by atoms with Crippen molar-refractivity contribution in [1.82, 2.24) is 4.98 Å². The zero-order valence-electron chi connectivity index (χ0n) is 17.2. The molecule has 0 amide bonds. The van der Waals surface area contributed by atoms with Crippen molar-refractivity contribution in [3.8, 4) is 16.9 Å². The van der Waals surface area contributed by atoms with E-state index >= 15 is 0 Å². The third-order valence-corrected chi connectivity index (χ3v) is 6.54. The molecule has 0 radical (unpaired) electrons. The van der Waals surface area contributed by atoms with Gasteiger partial charge in [-0.1, -0.05) is 17.7 Å². The Morgan fingerprint density at radius 1 is 1.20 bits per heavy atom. The molecule has 2 N–H and O–H groups in total. The third-order valence-electron chi connectivity index (χ3n) is 6.33. The van der Waals surface area contributed by atoms with E-state index in [1.54, 1.807) is 6.20 Å². The van der Waals surface area contributed by atoms with E-state index in [0.717, 1.165) is 41.7 Å². The van der Waals surface area contributed by atoms with Gasteiger partial charge in [0.15, 0.2) is 0 Å². The SMILES string of the molecule is CC(C)OC1CCC2Oc3ccc(-c4cncc(Cl)c4)cc3C3(COC(N)=N3)C2C1. The van der Waals surface area contributed by atoms with Gasteiger partial charge in [-0.15, -0.1) is 0 Å². The van der Waals surface area contributed by atoms with E-state index < -0.39 is 5.54 Å². The Morgan fingerprint density at radius 2 is 2.07 bits per heavy atom. The summed E-state index contributed by atoms with van der Waals surface area (Å²) in [7, 11) is 0. The second kappa shape index (κ2) is 7.43. The zero-order chi connectivity index (χ0) is 20.9. The number of ether oxygens (including phenoxy) is 3. The molecule has 1 aromatic heterocycles. The van der Waals surface area contributed by atoms with Gasteiger partial charge in [0, 0.05) is 29.4 Å². The first kappa shape index (κ1) is 19.6. The number of aliphatic imine (C=N–C) groups is 1. The highest BCUT2D eigenvalue weighted by molar-refractivity contribution is 6.30. The van der Waals surface area contributed by atoms with Gasteiger partial charge in [-0.3, -0.25) is 4.98 Å². The van der Waals surface area contributed by atoms with Crippen molar-refractivity contribution in [1.29, 1.82) is 0 Å². The molecule has 1 saturated carbocycles. The Kier molecular flexibility index (Phi) is 4.86. The van der Waals surface area contributed by atoms with Crippen LogP contribution in [-0.4, -0.2) is 35.9 Å². The Hall–Kier alpha value is -2.31. The number of hydrogen-bond donors (Lipinski definition) is 1. The molecule has 1 aromatic carbocycles. The van der Waals surface area contributed by atoms with Crippen LogP contribution in [0.15, 0.2) is 41.7 Å². The van der Waals surface area contributed by atoms with Crippen molar-refractivity contribution < 1.29 is 14.2 Å². The number of aromatic nitrogens is 1. The molecule has 6 nitrogen and oxygen atoms in total. The van der Waals surface area contributed by atoms with Gasteiger partial charge >= 0.3 is 0 Å². The second-order valence-corrected chi connectivity index (χ2v) is 9.08. The molecule has 0 bridgehead atoms. The average Bonchev–Trinajstić information content (AvgIpc) is 3.10. The molecule has 1 fully saturated rings. The lowest BCUT2D eigenvalue weighted by Gasteiger charge is -2.48. The van der Waals surface area contributed by atoms with E-state index in [9.17, 15) is 0 Å². The first-order valence-electron chi connectivity index (χ1n) is 10.5. The molecule has 7 heteroatoms. The Morgan fingerprint density at radius 3 is 2.80 bits per heavy atom. The summed E-state index contributed by atoms with van der Waals surface area (Å²) in [5.74, 6) is 0.983. The van der Waals surface area contributed by atoms with E-state index in [0.29, 0.717) is 11.6 Å². The fourth-order valence-electron chi connectivity index (χ4n) is 5.11. The number of rotatable bonds is 3. The van der Waals surface area contributed by atoms with Crippen LogP contribution in [0.25, 0.3) is 11.1 Å². The molecule has 158 valence electrons. The number of pyridine rings is 1. The molecule has 30 heavy (non-hydrogen) atoms. The van der Waals surface area contributed by atoms with Crippen LogP contribution in [0.4, 0.5) is 0 Å². The predicted molar refractivity (Wildman–Crippen MR) is 116 cm³/mol. The third kappa shape index (κ3) is 3.32. The fourth-order valence-corrected chi connectivity index (χ4v) is 5.29. The van der Waals surface area contributed by atoms with Gasteiger partial charge in [-0.25, -0.2) is 4.99 Å². The minimum atomic E-state index is -0.566. The lowest BCUT2D eigenvalue weighted by molar-refractivity contribution is -0.0791. The number of halogens is 1. The molecule has 1 spiro atoms. The Bertz CT molecular complexity index is 995. The number of benzene rings is 1. The van der Waals surface area contributed by atoms with Crippen molar-refractivity contribution >= 4 is 17.6 Å². The zero-order valence-corrected chi connectivity index (χ0v) is 17.9. The maximum atomic E-state index is 6.46. The van der Waals surface area contributed by atoms with Crippen molar-refractivity contribution in [3.05, 3.63) is 47.2 Å². The van der Waals surface area contributed by atoms with Crippen LogP contribution in [-0.2, 0) is 15.0 Å². The summed E-state index contributed by atoms with van der Waals surface area (Å²) >= 11 is 6.17. The van der Waals surface area contributed by atoms with Crippen LogP contribution in [0, 0.1) is 5.92 Å². The molecule has 0 saturated heterocycles. The quantitative estimate of drug-likeness (QED) is 0.790. The Balaban J connectivity index is 1.59. The minimum Gasteiger partial charge on any atom is -0.490 e. The molecular formula is C23H26ClN3O3. The van der Waals surface area contributed by atoms with E-state index in [2.05, 4.69) is 24.9 Å². The summed E-state index contributed by atoms with van der Waals surface area (Å²) < 4.78 is 18.4. The molecule has 2 aliphatic heterocycles. The van der Waals surface area contributed by atoms with Crippen molar-refractivity contribution in [3.63, 3.8) is 0 Å². The number of nitrogens with two attached hydrogens (primary N) is 1. The molecule has 3 heterocycles. The van der Waals surface area contributed by atoms with Crippen LogP contribution in [0.1, 0.15) is 38.7 Å². The molecule has 5 rings (SSSR count). The lowest BCUT2D eigenvalue weighted by atomic mass is 9.67. The van der Waals surface area contributed by atoms with Gasteiger partial charge in [0.05, 0.1) is 17.2 Å². The van der Waals surface area contributed by atoms with Crippen molar-refractivity contribution in [2.45, 2.75) is 57.0 Å². The molecule has 4 unspecified atom stereocenters. The summed E-state index contributed by atoms with van der Waals surface area (Å²) in [6.45, 7) is 4.57. The van der Waals surface area contributed by atoms with Crippen LogP contribution < -0.4 is 10.5 Å². The first-order chi connectivity index (χ1) is 14.4. The standard InChI is InChI=1S/C23H26ClN3O3/c1-13(2)29-17-4-6-21-19(9-17)23(12-28-22(25)27-23)18-8-14(3-5-20(18)30-21)15-7-16(24)11-26-10-15/h3,5,7-8,10-11,13,17,19,21H,4,6,9,12H2,1-2H3,(H2,25,27). The van der Waals surface area contributed by atoms with Gasteiger partial charge in [0.2, 0.25) is 0 Å². The van der Waals surface area contributed by atoms with E-state index in [1.165, 1.54) is 0 Å². The summed E-state index contributed by atoms with van der Waals surface area (Å²) in [5, 5.41) is 0.601. The van der Waals surface area contributed by atoms with Gasteiger partial charge in [0.25, 0.3) is 6.02 Å². The van der Waals surface area contributed by atoms with Crippen molar-refractivity contribution in [2.75, 3.05) is 6.61 Å². The molecule has 2 aromatic rings. The maximum absolute atomic E-state index is 6.46. The summed E-state index contributed by atoms with van der Waals surface area (Å²) in [5.41, 5.74) is 8.43. The average molecular weight is 428 g/mol. The van der Waals surface area contributed by atoms with E-state index in [4.69, 9.17) is 36.5 Å². The predicted octanol–water partition coefficient (Wildman–Crippen LogP) is 4.30. The van der Waals surface area contributed by atoms with Crippen molar-refractivity contribution in [2.24, 2.45) is 16.6 Å². The number of hydrogen-bond acceptors (Lipinski definition) is 6. The van der Waals surface area contributed by atoms with Gasteiger partial charge < -0.3 is 19.9 Å². The van der Waals surface area contributed by atoms with Crippen LogP contribution in [0.5, 0.6) is 5.75 Å². The largest absolute Gasteiger partial charge is 0.490 e. The van der Waals surface area contributed by atoms with Gasteiger partial charge in [0.1, 0.15) is 24.0 Å². The monoisotopic (exact) mass is 427 g/mol. The maximum Gasteiger partial charge on any atom is 0.283 e. The summed E-state index contributed by atoms with van der Waals surface area (Å²) in [6.07, 6.45) is 6.66. The Labute approximate surface area is 181 Å². The number of fused-ring (bicyclic) bond motifs is 4. The molecule has 4 atom stereocenters. The summed E-state index contributed by atoms with van der Waals surface area (Å²) in [6, 6.07) is 8.33. The number of amidine groups is 1. The van der Waals surface area contributed by atoms with E-state index in [-0.39, 0.29) is 30.3 Å². The normalized spacial score (nSPS) is 29.7. The first-order valence-corrected chi connectivity index (χ1v) is 10.9. The highest BCUT2D eigenvalue weighted by Gasteiger charge is 2.55. The molecule has 1 aliphatic carbocycles. The smallest absolute Gasteiger partial charge is 0.283 e. The highest BCUT2D eigenvalue weighted by atomic mass is 35.5. The van der Waals surface area contributed by atoms with Crippen LogP contribution >= 0.6 is 11.6 Å². The van der Waals surface area contributed by atoms with Crippen LogP contribution in [0.2, 0.25) is 5.02 Å². The minimum absolute atomic E-state index is 0.0708. The topological polar surface area (TPSA) is 79.0 Å².